The summed E-state index contributed by atoms with van der Waals surface area (Å²) in [4.78, 5) is 9.78. The van der Waals surface area contributed by atoms with Crippen molar-refractivity contribution in [1.82, 2.24) is 9.13 Å². The molecule has 2 aliphatic heterocycles. The third kappa shape index (κ3) is 9.01. The van der Waals surface area contributed by atoms with Crippen molar-refractivity contribution >= 4 is 112 Å². The van der Waals surface area contributed by atoms with E-state index in [-0.39, 0.29) is 10.8 Å². The highest BCUT2D eigenvalue weighted by Gasteiger charge is 2.39. The molecule has 0 bridgehead atoms. The predicted octanol–water partition coefficient (Wildman–Crippen LogP) is 24.7. The minimum absolute atomic E-state index is 0.306. The summed E-state index contributed by atoms with van der Waals surface area (Å²) >= 11 is 0. The fourth-order valence-electron chi connectivity index (χ4n) is 15.8. The Labute approximate surface area is 560 Å². The SMILES string of the molecule is CC1(C)c2ccccc2N(c2ccccc2)c2ccc(N(c3ccc(-c4ccc(N(c5ccc6c(c5)C(C)(C)c5ccccc5N6c5ccccc5)c5ccc6c(c5)c5ccccc5n6-c5ccccc5)cc4)cc3)c3ccc4c(c3)c3ccccc3n4-c3ccccc3)cc21. The Balaban J connectivity index is 0.768. The van der Waals surface area contributed by atoms with Gasteiger partial charge < -0.3 is 28.7 Å². The molecule has 0 spiro atoms. The van der Waals surface area contributed by atoms with Gasteiger partial charge in [0.1, 0.15) is 0 Å². The highest BCUT2D eigenvalue weighted by molar-refractivity contribution is 6.12. The van der Waals surface area contributed by atoms with Gasteiger partial charge in [0.05, 0.1) is 44.8 Å². The van der Waals surface area contributed by atoms with E-state index < -0.39 is 0 Å². The van der Waals surface area contributed by atoms with Crippen molar-refractivity contribution in [1.29, 1.82) is 0 Å². The quantitative estimate of drug-likeness (QED) is 0.129. The number of para-hydroxylation sites is 8. The Kier molecular flexibility index (Phi) is 13.1. The van der Waals surface area contributed by atoms with Crippen molar-refractivity contribution in [3.8, 4) is 22.5 Å². The lowest BCUT2D eigenvalue weighted by atomic mass is 9.73. The number of nitrogens with zero attached hydrogens (tertiary/aromatic N) is 6. The normalized spacial score (nSPS) is 13.5. The van der Waals surface area contributed by atoms with E-state index in [0.717, 1.165) is 79.0 Å². The molecule has 0 fully saturated rings. The van der Waals surface area contributed by atoms with E-state index in [2.05, 4.69) is 396 Å². The van der Waals surface area contributed by atoms with Crippen LogP contribution in [0.3, 0.4) is 0 Å². The molecule has 2 aromatic heterocycles. The summed E-state index contributed by atoms with van der Waals surface area (Å²) in [5.41, 5.74) is 27.2. The van der Waals surface area contributed by atoms with Crippen molar-refractivity contribution in [3.63, 3.8) is 0 Å². The predicted molar refractivity (Wildman–Crippen MR) is 404 cm³/mol. The summed E-state index contributed by atoms with van der Waals surface area (Å²) in [7, 11) is 0. The van der Waals surface area contributed by atoms with Gasteiger partial charge in [0.25, 0.3) is 0 Å². The maximum Gasteiger partial charge on any atom is 0.0542 e. The molecule has 6 heteroatoms. The van der Waals surface area contributed by atoms with Crippen molar-refractivity contribution in [2.24, 2.45) is 0 Å². The molecule has 14 aromatic carbocycles. The van der Waals surface area contributed by atoms with Crippen LogP contribution in [0, 0.1) is 0 Å². The molecule has 96 heavy (non-hydrogen) atoms. The van der Waals surface area contributed by atoms with Gasteiger partial charge in [0, 0.05) is 89.2 Å². The van der Waals surface area contributed by atoms with Crippen molar-refractivity contribution < 1.29 is 0 Å². The molecule has 0 saturated carbocycles. The molecule has 0 radical (unpaired) electrons. The van der Waals surface area contributed by atoms with Crippen LogP contribution in [-0.4, -0.2) is 9.13 Å². The Morgan fingerprint density at radius 3 is 0.906 bits per heavy atom. The highest BCUT2D eigenvalue weighted by Crippen LogP contribution is 2.56. The molecule has 458 valence electrons. The van der Waals surface area contributed by atoms with Crippen LogP contribution in [0.1, 0.15) is 49.9 Å². The number of anilines is 12. The summed E-state index contributed by atoms with van der Waals surface area (Å²) in [6.07, 6.45) is 0. The van der Waals surface area contributed by atoms with Crippen LogP contribution in [0.5, 0.6) is 0 Å². The fourth-order valence-corrected chi connectivity index (χ4v) is 15.8. The van der Waals surface area contributed by atoms with Gasteiger partial charge in [-0.3, -0.25) is 0 Å². The van der Waals surface area contributed by atoms with E-state index in [1.165, 1.54) is 77.6 Å². The number of fused-ring (bicyclic) bond motifs is 10. The standard InChI is InChI=1S/C90H68N6/c1-89(2)77-35-19-23-39-85(77)95(65-29-13-7-14-30-65)87-55-51-71(59-79(87)89)91(69-49-53-83-75(57-69)73-33-17-21-37-81(73)93(83)63-25-9-5-10-26-63)67-45-41-61(42-46-67)62-43-47-68(48-44-62)92(70-50-54-84-76(58-70)74-34-18-22-38-82(74)94(84)64-27-11-6-12-28-64)72-52-56-88-80(60-72)90(3,4)78-36-20-24-40-86(78)96(88)66-31-15-8-16-32-66/h5-60H,1-4H3. The van der Waals surface area contributed by atoms with Crippen LogP contribution in [0.15, 0.2) is 340 Å². The van der Waals surface area contributed by atoms with Gasteiger partial charge in [0.2, 0.25) is 0 Å². The molecule has 0 amide bonds. The first-order valence-corrected chi connectivity index (χ1v) is 33.3. The Morgan fingerprint density at radius 1 is 0.219 bits per heavy atom. The van der Waals surface area contributed by atoms with Gasteiger partial charge in [-0.15, -0.1) is 0 Å². The number of hydrogen-bond acceptors (Lipinski definition) is 4. The molecule has 0 unspecified atom stereocenters. The van der Waals surface area contributed by atoms with E-state index >= 15 is 0 Å². The van der Waals surface area contributed by atoms with E-state index in [4.69, 9.17) is 0 Å². The maximum atomic E-state index is 2.45. The zero-order valence-corrected chi connectivity index (χ0v) is 54.0. The van der Waals surface area contributed by atoms with Gasteiger partial charge in [-0.25, -0.2) is 0 Å². The Morgan fingerprint density at radius 2 is 0.510 bits per heavy atom. The zero-order chi connectivity index (χ0) is 64.2. The van der Waals surface area contributed by atoms with E-state index in [9.17, 15) is 0 Å². The number of rotatable bonds is 11. The molecule has 16 aromatic rings. The smallest absolute Gasteiger partial charge is 0.0542 e. The molecule has 6 nitrogen and oxygen atoms in total. The van der Waals surface area contributed by atoms with Crippen LogP contribution >= 0.6 is 0 Å². The largest absolute Gasteiger partial charge is 0.310 e. The molecular weight excluding hydrogens is 1170 g/mol. The second-order valence-electron chi connectivity index (χ2n) is 26.6. The number of benzene rings is 14. The molecule has 2 aliphatic rings. The summed E-state index contributed by atoms with van der Waals surface area (Å²) in [6.45, 7) is 9.51. The van der Waals surface area contributed by atoms with Gasteiger partial charge in [-0.1, -0.05) is 198 Å². The van der Waals surface area contributed by atoms with Crippen molar-refractivity contribution in [3.05, 3.63) is 362 Å². The maximum absolute atomic E-state index is 2.45. The lowest BCUT2D eigenvalue weighted by molar-refractivity contribution is 0.632. The molecule has 0 saturated heterocycles. The van der Waals surface area contributed by atoms with Gasteiger partial charge in [0.15, 0.2) is 0 Å². The van der Waals surface area contributed by atoms with Crippen LogP contribution in [0.4, 0.5) is 68.2 Å². The second kappa shape index (κ2) is 22.3. The second-order valence-corrected chi connectivity index (χ2v) is 26.6. The molecule has 4 heterocycles. The molecular formula is C90H68N6. The lowest BCUT2D eigenvalue weighted by Gasteiger charge is -2.42. The fraction of sp³-hybridized carbons (Fsp3) is 0.0667. The molecule has 18 rings (SSSR count). The first kappa shape index (κ1) is 56.6. The number of hydrogen-bond donors (Lipinski definition) is 0. The lowest BCUT2D eigenvalue weighted by Crippen LogP contribution is -2.30. The monoisotopic (exact) mass is 1230 g/mol. The van der Waals surface area contributed by atoms with Gasteiger partial charge >= 0.3 is 0 Å². The van der Waals surface area contributed by atoms with Crippen LogP contribution in [0.25, 0.3) is 66.1 Å². The third-order valence-corrected chi connectivity index (χ3v) is 20.4. The van der Waals surface area contributed by atoms with E-state index in [1.54, 1.807) is 0 Å². The average molecular weight is 1230 g/mol. The topological polar surface area (TPSA) is 22.8 Å². The third-order valence-electron chi connectivity index (χ3n) is 20.4. The number of aromatic nitrogens is 2. The Bertz CT molecular complexity index is 5300. The minimum Gasteiger partial charge on any atom is -0.310 e. The minimum atomic E-state index is -0.306. The van der Waals surface area contributed by atoms with E-state index in [1.807, 2.05) is 0 Å². The van der Waals surface area contributed by atoms with Gasteiger partial charge in [-0.2, -0.15) is 0 Å². The first-order valence-electron chi connectivity index (χ1n) is 33.3. The van der Waals surface area contributed by atoms with Crippen LogP contribution < -0.4 is 19.6 Å². The molecule has 0 aliphatic carbocycles. The highest BCUT2D eigenvalue weighted by atomic mass is 15.2. The molecule has 0 N–H and O–H groups in total. The average Bonchev–Trinajstić information content (AvgIpc) is 1.06. The summed E-state index contributed by atoms with van der Waals surface area (Å²) in [5.74, 6) is 0. The van der Waals surface area contributed by atoms with E-state index in [0.29, 0.717) is 0 Å². The summed E-state index contributed by atoms with van der Waals surface area (Å²) in [6, 6.07) is 125. The van der Waals surface area contributed by atoms with Crippen molar-refractivity contribution in [2.75, 3.05) is 19.6 Å². The summed E-state index contributed by atoms with van der Waals surface area (Å²) < 4.78 is 4.79. The van der Waals surface area contributed by atoms with Gasteiger partial charge in [-0.05, 0) is 203 Å². The Hall–Kier alpha value is -12.1. The summed E-state index contributed by atoms with van der Waals surface area (Å²) in [5, 5.41) is 4.82. The van der Waals surface area contributed by atoms with Crippen LogP contribution in [0.2, 0.25) is 0 Å². The van der Waals surface area contributed by atoms with Crippen molar-refractivity contribution in [2.45, 2.75) is 38.5 Å². The first-order chi connectivity index (χ1) is 47.2. The molecule has 0 atom stereocenters. The zero-order valence-electron chi connectivity index (χ0n) is 54.0. The van der Waals surface area contributed by atoms with Crippen LogP contribution in [-0.2, 0) is 10.8 Å².